The minimum atomic E-state index is -1.06. The summed E-state index contributed by atoms with van der Waals surface area (Å²) in [6.07, 6.45) is 1.77. The van der Waals surface area contributed by atoms with Crippen LogP contribution < -0.4 is 24.6 Å². The van der Waals surface area contributed by atoms with Gasteiger partial charge in [0, 0.05) is 24.5 Å². The summed E-state index contributed by atoms with van der Waals surface area (Å²) in [4.78, 5) is 43.4. The molecule has 1 spiro atoms. The molecule has 2 N–H and O–H groups in total. The summed E-state index contributed by atoms with van der Waals surface area (Å²) in [6, 6.07) is 12.6. The maximum absolute atomic E-state index is 13.9. The molecule has 5 heterocycles. The largest absolute Gasteiger partial charge is 0.454 e. The van der Waals surface area contributed by atoms with E-state index in [-0.39, 0.29) is 30.6 Å². The maximum atomic E-state index is 13.9. The SMILES string of the molecule is O=C1[C@@H]2[C@H]3CCC[NH+]3[C@@]3(C(=O)Nc4ccccc43)[C@@H]2C(=O)N1c1ccc2c(c1)OCO2. The Morgan fingerprint density at radius 1 is 1.03 bits per heavy atom. The molecule has 2 aromatic carbocycles. The predicted molar refractivity (Wildman–Crippen MR) is 108 cm³/mol. The van der Waals surface area contributed by atoms with Gasteiger partial charge < -0.3 is 19.7 Å². The van der Waals surface area contributed by atoms with Gasteiger partial charge in [0.05, 0.1) is 17.9 Å². The Balaban J connectivity index is 1.40. The van der Waals surface area contributed by atoms with E-state index in [9.17, 15) is 14.4 Å². The van der Waals surface area contributed by atoms with Crippen LogP contribution in [0, 0.1) is 11.8 Å². The highest BCUT2D eigenvalue weighted by Crippen LogP contribution is 2.52. The summed E-state index contributed by atoms with van der Waals surface area (Å²) in [5.74, 6) is -0.801. The van der Waals surface area contributed by atoms with Gasteiger partial charge in [-0.1, -0.05) is 18.2 Å². The summed E-state index contributed by atoms with van der Waals surface area (Å²) in [5.41, 5.74) is 0.992. The van der Waals surface area contributed by atoms with Gasteiger partial charge in [-0.05, 0) is 18.2 Å². The number of benzene rings is 2. The molecule has 5 aliphatic rings. The number of ether oxygens (including phenoxy) is 2. The fraction of sp³-hybridized carbons (Fsp3) is 0.348. The second-order valence-electron chi connectivity index (χ2n) is 8.88. The van der Waals surface area contributed by atoms with Crippen molar-refractivity contribution in [1.82, 2.24) is 0 Å². The van der Waals surface area contributed by atoms with E-state index in [2.05, 4.69) is 5.32 Å². The van der Waals surface area contributed by atoms with Crippen molar-refractivity contribution < 1.29 is 28.8 Å². The number of imide groups is 1. The van der Waals surface area contributed by atoms with Crippen molar-refractivity contribution in [3.8, 4) is 11.5 Å². The fourth-order valence-electron chi connectivity index (χ4n) is 6.70. The van der Waals surface area contributed by atoms with E-state index >= 15 is 0 Å². The molecule has 8 nitrogen and oxygen atoms in total. The first-order valence-electron chi connectivity index (χ1n) is 10.7. The molecule has 0 aromatic heterocycles. The zero-order valence-corrected chi connectivity index (χ0v) is 16.6. The number of hydrogen-bond acceptors (Lipinski definition) is 5. The van der Waals surface area contributed by atoms with E-state index in [4.69, 9.17) is 9.47 Å². The molecule has 5 atom stereocenters. The van der Waals surface area contributed by atoms with Gasteiger partial charge in [0.15, 0.2) is 11.5 Å². The lowest BCUT2D eigenvalue weighted by Crippen LogP contribution is -3.19. The van der Waals surface area contributed by atoms with Crippen LogP contribution in [0.4, 0.5) is 11.4 Å². The fourth-order valence-corrected chi connectivity index (χ4v) is 6.70. The number of quaternary nitrogens is 1. The van der Waals surface area contributed by atoms with Crippen molar-refractivity contribution in [2.24, 2.45) is 11.8 Å². The van der Waals surface area contributed by atoms with Gasteiger partial charge in [-0.2, -0.15) is 0 Å². The lowest BCUT2D eigenvalue weighted by molar-refractivity contribution is -0.948. The van der Waals surface area contributed by atoms with Crippen LogP contribution in [0.3, 0.4) is 0 Å². The maximum Gasteiger partial charge on any atom is 0.291 e. The van der Waals surface area contributed by atoms with E-state index in [1.54, 1.807) is 18.2 Å². The Morgan fingerprint density at radius 2 is 1.87 bits per heavy atom. The second-order valence-corrected chi connectivity index (χ2v) is 8.88. The van der Waals surface area contributed by atoms with Gasteiger partial charge in [-0.15, -0.1) is 0 Å². The Labute approximate surface area is 177 Å². The summed E-state index contributed by atoms with van der Waals surface area (Å²) < 4.78 is 10.8. The molecule has 2 aromatic rings. The molecule has 3 amide bonds. The first kappa shape index (κ1) is 17.3. The quantitative estimate of drug-likeness (QED) is 0.656. The minimum absolute atomic E-state index is 0.0441. The number of nitrogens with zero attached hydrogens (tertiary/aromatic N) is 1. The monoisotopic (exact) mass is 418 g/mol. The van der Waals surface area contributed by atoms with Crippen molar-refractivity contribution in [2.75, 3.05) is 23.6 Å². The Kier molecular flexibility index (Phi) is 3.15. The van der Waals surface area contributed by atoms with Gasteiger partial charge >= 0.3 is 0 Å². The zero-order chi connectivity index (χ0) is 20.9. The average Bonchev–Trinajstić information content (AvgIpc) is 3.54. The Hall–Kier alpha value is -3.39. The number of para-hydroxylation sites is 1. The molecular weight excluding hydrogens is 398 g/mol. The number of carbonyl (C=O) groups excluding carboxylic acids is 3. The molecule has 1 unspecified atom stereocenters. The van der Waals surface area contributed by atoms with Crippen LogP contribution in [0.15, 0.2) is 42.5 Å². The highest BCUT2D eigenvalue weighted by atomic mass is 16.7. The van der Waals surface area contributed by atoms with Gasteiger partial charge in [-0.25, -0.2) is 4.90 Å². The number of hydrogen-bond donors (Lipinski definition) is 2. The molecule has 0 bridgehead atoms. The van der Waals surface area contributed by atoms with E-state index in [0.29, 0.717) is 17.2 Å². The van der Waals surface area contributed by atoms with Crippen molar-refractivity contribution >= 4 is 29.1 Å². The number of rotatable bonds is 1. The normalized spacial score (nSPS) is 34.3. The standard InChI is InChI=1S/C23H19N3O5/c27-20-18-15-6-3-9-25(15)23(13-4-1-2-5-14(13)24-22(23)29)19(18)21(28)26(20)12-7-8-16-17(10-12)31-11-30-16/h1-2,4-5,7-8,10,15,18-19H,3,6,9,11H2,(H,24,29)/p+1/t15-,18-,19+,23-/m1/s1. The first-order chi connectivity index (χ1) is 15.1. The summed E-state index contributed by atoms with van der Waals surface area (Å²) in [5, 5.41) is 3.00. The molecule has 8 heteroatoms. The molecule has 3 fully saturated rings. The highest BCUT2D eigenvalue weighted by molar-refractivity contribution is 6.25. The van der Waals surface area contributed by atoms with Gasteiger partial charge in [0.25, 0.3) is 5.91 Å². The number of nitrogens with one attached hydrogen (secondary N) is 2. The van der Waals surface area contributed by atoms with Gasteiger partial charge in [0.1, 0.15) is 17.9 Å². The molecule has 156 valence electrons. The summed E-state index contributed by atoms with van der Waals surface area (Å²) in [7, 11) is 0. The van der Waals surface area contributed by atoms with E-state index in [1.807, 2.05) is 24.3 Å². The third-order valence-corrected chi connectivity index (χ3v) is 7.74. The molecule has 5 aliphatic heterocycles. The lowest BCUT2D eigenvalue weighted by atomic mass is 9.75. The predicted octanol–water partition coefficient (Wildman–Crippen LogP) is 0.429. The van der Waals surface area contributed by atoms with Crippen LogP contribution in [0.25, 0.3) is 0 Å². The molecular formula is C23H20N3O5+. The third-order valence-electron chi connectivity index (χ3n) is 7.74. The van der Waals surface area contributed by atoms with E-state index < -0.39 is 17.4 Å². The average molecular weight is 418 g/mol. The van der Waals surface area contributed by atoms with E-state index in [0.717, 1.165) is 35.5 Å². The minimum Gasteiger partial charge on any atom is -0.454 e. The molecule has 0 saturated carbocycles. The van der Waals surface area contributed by atoms with Crippen LogP contribution in [0.2, 0.25) is 0 Å². The number of amides is 3. The third kappa shape index (κ3) is 1.88. The molecule has 31 heavy (non-hydrogen) atoms. The van der Waals surface area contributed by atoms with Crippen LogP contribution >= 0.6 is 0 Å². The molecule has 3 saturated heterocycles. The molecule has 7 rings (SSSR count). The number of carbonyl (C=O) groups is 3. The Bertz CT molecular complexity index is 1200. The summed E-state index contributed by atoms with van der Waals surface area (Å²) in [6.45, 7) is 0.899. The van der Waals surface area contributed by atoms with Gasteiger partial charge in [-0.3, -0.25) is 14.4 Å². The first-order valence-corrected chi connectivity index (χ1v) is 10.7. The van der Waals surface area contributed by atoms with Crippen LogP contribution in [0.5, 0.6) is 11.5 Å². The smallest absolute Gasteiger partial charge is 0.291 e. The van der Waals surface area contributed by atoms with E-state index in [1.165, 1.54) is 4.90 Å². The topological polar surface area (TPSA) is 89.4 Å². The van der Waals surface area contributed by atoms with Crippen molar-refractivity contribution in [3.63, 3.8) is 0 Å². The molecule has 0 radical (unpaired) electrons. The number of fused-ring (bicyclic) bond motifs is 8. The van der Waals surface area contributed by atoms with Gasteiger partial charge in [0.2, 0.25) is 24.1 Å². The van der Waals surface area contributed by atoms with Crippen LogP contribution in [-0.4, -0.2) is 37.1 Å². The second kappa shape index (κ2) is 5.64. The Morgan fingerprint density at radius 3 is 2.77 bits per heavy atom. The summed E-state index contributed by atoms with van der Waals surface area (Å²) >= 11 is 0. The zero-order valence-electron chi connectivity index (χ0n) is 16.6. The van der Waals surface area contributed by atoms with Crippen LogP contribution in [0.1, 0.15) is 18.4 Å². The van der Waals surface area contributed by atoms with Crippen molar-refractivity contribution in [2.45, 2.75) is 24.4 Å². The highest BCUT2D eigenvalue weighted by Gasteiger charge is 2.78. The molecule has 0 aliphatic carbocycles. The van der Waals surface area contributed by atoms with Crippen molar-refractivity contribution in [3.05, 3.63) is 48.0 Å². The van der Waals surface area contributed by atoms with Crippen LogP contribution in [-0.2, 0) is 19.9 Å². The lowest BCUT2D eigenvalue weighted by Gasteiger charge is -2.33. The number of anilines is 2. The van der Waals surface area contributed by atoms with Crippen molar-refractivity contribution in [1.29, 1.82) is 0 Å².